The van der Waals surface area contributed by atoms with Crippen LogP contribution in [-0.2, 0) is 16.0 Å². The lowest BCUT2D eigenvalue weighted by Crippen LogP contribution is -2.46. The Kier molecular flexibility index (Phi) is 6.12. The number of carbonyl (C=O) groups excluding carboxylic acids is 2. The summed E-state index contributed by atoms with van der Waals surface area (Å²) < 4.78 is 5.50. The number of nitrogens with zero attached hydrogens (tertiary/aromatic N) is 1. The second kappa shape index (κ2) is 8.99. The minimum absolute atomic E-state index is 0.0196. The van der Waals surface area contributed by atoms with Crippen LogP contribution in [0, 0.1) is 18.8 Å². The monoisotopic (exact) mass is 432 g/mol. The van der Waals surface area contributed by atoms with Crippen LogP contribution in [0.1, 0.15) is 30.9 Å². The first-order valence-corrected chi connectivity index (χ1v) is 11.0. The van der Waals surface area contributed by atoms with E-state index in [1.54, 1.807) is 4.90 Å². The fourth-order valence-corrected chi connectivity index (χ4v) is 4.59. The van der Waals surface area contributed by atoms with Gasteiger partial charge in [-0.1, -0.05) is 43.3 Å². The van der Waals surface area contributed by atoms with Gasteiger partial charge in [0.05, 0.1) is 5.92 Å². The first-order valence-electron chi connectivity index (χ1n) is 11.0. The third-order valence-electron chi connectivity index (χ3n) is 6.34. The lowest BCUT2D eigenvalue weighted by atomic mass is 9.93. The number of benzene rings is 2. The van der Waals surface area contributed by atoms with Crippen molar-refractivity contribution in [1.82, 2.24) is 4.90 Å². The zero-order valence-electron chi connectivity index (χ0n) is 18.5. The summed E-state index contributed by atoms with van der Waals surface area (Å²) in [6.07, 6.45) is 2.04. The Labute approximate surface area is 187 Å². The Hall–Kier alpha value is -3.41. The number of hydrogen-bond acceptors (Lipinski definition) is 4. The molecule has 1 unspecified atom stereocenters. The minimum Gasteiger partial charge on any atom is -0.423 e. The molecule has 32 heavy (non-hydrogen) atoms. The van der Waals surface area contributed by atoms with E-state index in [-0.39, 0.29) is 23.7 Å². The lowest BCUT2D eigenvalue weighted by Gasteiger charge is -2.33. The number of likely N-dealkylation sites (tertiary alicyclic amines) is 1. The van der Waals surface area contributed by atoms with E-state index in [4.69, 9.17) is 10.2 Å². The molecule has 1 aliphatic rings. The molecule has 166 valence electrons. The number of aryl methyl sites for hydroxylation is 1. The maximum atomic E-state index is 13.0. The molecule has 4 rings (SSSR count). The van der Waals surface area contributed by atoms with Gasteiger partial charge in [0.2, 0.25) is 11.8 Å². The summed E-state index contributed by atoms with van der Waals surface area (Å²) in [6.45, 7) is 4.95. The van der Waals surface area contributed by atoms with Gasteiger partial charge in [-0.2, -0.15) is 0 Å². The van der Waals surface area contributed by atoms with Crippen molar-refractivity contribution in [2.75, 3.05) is 13.1 Å². The number of carbonyl (C=O) groups is 2. The third-order valence-corrected chi connectivity index (χ3v) is 6.34. The Morgan fingerprint density at radius 2 is 1.94 bits per heavy atom. The number of piperidine rings is 1. The van der Waals surface area contributed by atoms with Crippen LogP contribution in [0.4, 0.5) is 0 Å². The highest BCUT2D eigenvalue weighted by Gasteiger charge is 2.29. The van der Waals surface area contributed by atoms with Crippen molar-refractivity contribution in [2.24, 2.45) is 17.6 Å². The fourth-order valence-electron chi connectivity index (χ4n) is 4.59. The van der Waals surface area contributed by atoms with Crippen LogP contribution >= 0.6 is 0 Å². The highest BCUT2D eigenvalue weighted by atomic mass is 16.4. The number of rotatable bonds is 5. The number of primary amides is 1. The second-order valence-electron chi connectivity index (χ2n) is 8.76. The Morgan fingerprint density at radius 1 is 1.16 bits per heavy atom. The van der Waals surface area contributed by atoms with Crippen molar-refractivity contribution in [3.8, 4) is 11.1 Å². The minimum atomic E-state index is -0.400. The maximum Gasteiger partial charge on any atom is 0.336 e. The standard InChI is InChI=1S/C26H28N2O4/c1-16-6-3-4-8-20(16)22-14-24(29)32-23-13-18(9-10-21(22)23)12-17(2)26(31)28-11-5-7-19(15-28)25(27)30/h3-4,6,8-10,13-14,17,19H,5,7,11-12,15H2,1-2H3,(H2,27,30)/t17?,19-/m0/s1. The first-order chi connectivity index (χ1) is 15.3. The normalized spacial score (nSPS) is 17.3. The quantitative estimate of drug-likeness (QED) is 0.623. The van der Waals surface area contributed by atoms with E-state index in [1.165, 1.54) is 6.07 Å². The van der Waals surface area contributed by atoms with Gasteiger partial charge in [-0.25, -0.2) is 4.79 Å². The van der Waals surface area contributed by atoms with Gasteiger partial charge in [0.25, 0.3) is 0 Å². The van der Waals surface area contributed by atoms with Crippen molar-refractivity contribution >= 4 is 22.8 Å². The van der Waals surface area contributed by atoms with E-state index < -0.39 is 5.63 Å². The highest BCUT2D eigenvalue weighted by molar-refractivity contribution is 5.94. The number of nitrogens with two attached hydrogens (primary N) is 1. The molecule has 1 aromatic heterocycles. The molecule has 1 saturated heterocycles. The van der Waals surface area contributed by atoms with Gasteiger partial charge in [-0.15, -0.1) is 0 Å². The molecule has 0 saturated carbocycles. The zero-order chi connectivity index (χ0) is 22.8. The molecule has 6 heteroatoms. The van der Waals surface area contributed by atoms with E-state index >= 15 is 0 Å². The van der Waals surface area contributed by atoms with E-state index in [0.29, 0.717) is 25.1 Å². The van der Waals surface area contributed by atoms with Crippen LogP contribution < -0.4 is 11.4 Å². The topological polar surface area (TPSA) is 93.6 Å². The summed E-state index contributed by atoms with van der Waals surface area (Å²) in [5.74, 6) is -0.851. The zero-order valence-corrected chi connectivity index (χ0v) is 18.5. The molecule has 1 aliphatic heterocycles. The molecule has 0 radical (unpaired) electrons. The molecule has 2 heterocycles. The molecule has 6 nitrogen and oxygen atoms in total. The second-order valence-corrected chi connectivity index (χ2v) is 8.76. The first kappa shape index (κ1) is 21.8. The third kappa shape index (κ3) is 4.44. The molecule has 2 atom stereocenters. The molecule has 3 aromatic rings. The summed E-state index contributed by atoms with van der Waals surface area (Å²) in [5.41, 5.74) is 9.40. The lowest BCUT2D eigenvalue weighted by molar-refractivity contribution is -0.138. The van der Waals surface area contributed by atoms with Crippen LogP contribution in [-0.4, -0.2) is 29.8 Å². The molecule has 2 N–H and O–H groups in total. The van der Waals surface area contributed by atoms with Gasteiger partial charge >= 0.3 is 5.63 Å². The SMILES string of the molecule is Cc1ccccc1-c1cc(=O)oc2cc(CC(C)C(=O)N3CCC[C@H](C(N)=O)C3)ccc12. The van der Waals surface area contributed by atoms with E-state index in [2.05, 4.69) is 0 Å². The summed E-state index contributed by atoms with van der Waals surface area (Å²) in [5, 5.41) is 0.863. The van der Waals surface area contributed by atoms with Crippen LogP contribution in [0.2, 0.25) is 0 Å². The van der Waals surface area contributed by atoms with Gasteiger partial charge in [-0.3, -0.25) is 9.59 Å². The Bertz CT molecular complexity index is 1230. The Balaban J connectivity index is 1.58. The molecular weight excluding hydrogens is 404 g/mol. The van der Waals surface area contributed by atoms with Crippen LogP contribution in [0.5, 0.6) is 0 Å². The van der Waals surface area contributed by atoms with Crippen molar-refractivity contribution in [3.63, 3.8) is 0 Å². The molecule has 2 amide bonds. The number of hydrogen-bond donors (Lipinski definition) is 1. The average Bonchev–Trinajstić information content (AvgIpc) is 2.78. The van der Waals surface area contributed by atoms with Crippen LogP contribution in [0.15, 0.2) is 57.7 Å². The fraction of sp³-hybridized carbons (Fsp3) is 0.346. The van der Waals surface area contributed by atoms with Crippen molar-refractivity contribution in [2.45, 2.75) is 33.1 Å². The number of amides is 2. The van der Waals surface area contributed by atoms with Gasteiger partial charge in [-0.05, 0) is 48.9 Å². The van der Waals surface area contributed by atoms with E-state index in [0.717, 1.165) is 40.5 Å². The van der Waals surface area contributed by atoms with Gasteiger partial charge in [0.1, 0.15) is 5.58 Å². The summed E-state index contributed by atoms with van der Waals surface area (Å²) in [6, 6.07) is 15.3. The Morgan fingerprint density at radius 3 is 2.69 bits per heavy atom. The van der Waals surface area contributed by atoms with Gasteiger partial charge in [0.15, 0.2) is 0 Å². The van der Waals surface area contributed by atoms with Crippen molar-refractivity contribution < 1.29 is 14.0 Å². The van der Waals surface area contributed by atoms with Gasteiger partial charge in [0, 0.05) is 36.0 Å². The molecule has 2 aromatic carbocycles. The summed E-state index contributed by atoms with van der Waals surface area (Å²) in [4.78, 5) is 38.5. The summed E-state index contributed by atoms with van der Waals surface area (Å²) in [7, 11) is 0. The van der Waals surface area contributed by atoms with Crippen LogP contribution in [0.25, 0.3) is 22.1 Å². The van der Waals surface area contributed by atoms with Crippen LogP contribution in [0.3, 0.4) is 0 Å². The predicted octanol–water partition coefficient (Wildman–Crippen LogP) is 3.67. The average molecular weight is 433 g/mol. The van der Waals surface area contributed by atoms with Gasteiger partial charge < -0.3 is 15.1 Å². The smallest absolute Gasteiger partial charge is 0.336 e. The van der Waals surface area contributed by atoms with E-state index in [9.17, 15) is 14.4 Å². The highest BCUT2D eigenvalue weighted by Crippen LogP contribution is 2.30. The van der Waals surface area contributed by atoms with Crippen molar-refractivity contribution in [3.05, 3.63) is 70.1 Å². The maximum absolute atomic E-state index is 13.0. The molecule has 0 aliphatic carbocycles. The molecule has 1 fully saturated rings. The molecular formula is C26H28N2O4. The molecule has 0 bridgehead atoms. The number of fused-ring (bicyclic) bond motifs is 1. The summed E-state index contributed by atoms with van der Waals surface area (Å²) >= 11 is 0. The largest absolute Gasteiger partial charge is 0.423 e. The molecule has 0 spiro atoms. The predicted molar refractivity (Wildman–Crippen MR) is 124 cm³/mol. The van der Waals surface area contributed by atoms with Crippen molar-refractivity contribution in [1.29, 1.82) is 0 Å². The van der Waals surface area contributed by atoms with E-state index in [1.807, 2.05) is 56.3 Å².